The lowest BCUT2D eigenvalue weighted by Crippen LogP contribution is -2.44. The van der Waals surface area contributed by atoms with E-state index >= 15 is 0 Å². The van der Waals surface area contributed by atoms with Gasteiger partial charge in [0.1, 0.15) is 18.7 Å². The maximum Gasteiger partial charge on any atom is 0.407 e. The van der Waals surface area contributed by atoms with Gasteiger partial charge in [0.2, 0.25) is 5.91 Å². The topological polar surface area (TPSA) is 160 Å². The van der Waals surface area contributed by atoms with Crippen molar-refractivity contribution in [1.82, 2.24) is 20.0 Å². The van der Waals surface area contributed by atoms with E-state index in [1.54, 1.807) is 51.1 Å². The van der Waals surface area contributed by atoms with Gasteiger partial charge in [-0.2, -0.15) is 5.10 Å². The second-order valence-electron chi connectivity index (χ2n) is 8.20. The molecule has 1 aromatic heterocycles. The average molecular weight is 473 g/mol. The number of anilines is 1. The number of ether oxygens (including phenoxy) is 1. The zero-order chi connectivity index (χ0) is 25.3. The van der Waals surface area contributed by atoms with Gasteiger partial charge in [0.15, 0.2) is 0 Å². The van der Waals surface area contributed by atoms with Crippen molar-refractivity contribution in [2.24, 2.45) is 0 Å². The zero-order valence-corrected chi connectivity index (χ0v) is 19.1. The maximum absolute atomic E-state index is 12.6. The fourth-order valence-electron chi connectivity index (χ4n) is 2.70. The lowest BCUT2D eigenvalue weighted by Gasteiger charge is -2.23. The van der Waals surface area contributed by atoms with E-state index in [1.807, 2.05) is 0 Å². The molecule has 2 aromatic rings. The molecule has 3 amide bonds. The molecule has 0 radical (unpaired) electrons. The second kappa shape index (κ2) is 11.6. The summed E-state index contributed by atoms with van der Waals surface area (Å²) in [5.41, 5.74) is -0.834. The smallest absolute Gasteiger partial charge is 0.407 e. The summed E-state index contributed by atoms with van der Waals surface area (Å²) in [6, 6.07) is 9.48. The molecule has 0 saturated carbocycles. The zero-order valence-electron chi connectivity index (χ0n) is 19.1. The molecule has 182 valence electrons. The molecule has 0 unspecified atom stereocenters. The van der Waals surface area contributed by atoms with Crippen molar-refractivity contribution >= 4 is 29.6 Å². The summed E-state index contributed by atoms with van der Waals surface area (Å²) < 4.78 is 5.93. The van der Waals surface area contributed by atoms with Gasteiger partial charge in [0.25, 0.3) is 11.5 Å². The van der Waals surface area contributed by atoms with Crippen molar-refractivity contribution in [3.8, 4) is 0 Å². The average Bonchev–Trinajstić information content (AvgIpc) is 2.74. The highest BCUT2D eigenvalue weighted by Crippen LogP contribution is 2.07. The first-order chi connectivity index (χ1) is 15.9. The minimum Gasteiger partial charge on any atom is -0.480 e. The Hall–Kier alpha value is -4.22. The molecule has 0 fully saturated rings. The van der Waals surface area contributed by atoms with E-state index < -0.39 is 48.1 Å². The molecule has 0 atom stereocenters. The van der Waals surface area contributed by atoms with Gasteiger partial charge < -0.3 is 25.4 Å². The first kappa shape index (κ1) is 26.0. The summed E-state index contributed by atoms with van der Waals surface area (Å²) in [6.07, 6.45) is 0.502. The molecule has 0 aliphatic rings. The Morgan fingerprint density at radius 2 is 1.82 bits per heavy atom. The normalized spacial score (nSPS) is 10.8. The Labute approximate surface area is 195 Å². The van der Waals surface area contributed by atoms with Crippen molar-refractivity contribution in [2.75, 3.05) is 25.0 Å². The van der Waals surface area contributed by atoms with Crippen LogP contribution in [0, 0.1) is 0 Å². The van der Waals surface area contributed by atoms with Crippen LogP contribution in [-0.2, 0) is 20.9 Å². The maximum atomic E-state index is 12.6. The number of carbonyl (C=O) groups excluding carboxylic acids is 3. The van der Waals surface area contributed by atoms with Crippen LogP contribution in [-0.4, -0.2) is 68.9 Å². The van der Waals surface area contributed by atoms with E-state index in [0.717, 1.165) is 15.6 Å². The van der Waals surface area contributed by atoms with E-state index in [-0.39, 0.29) is 18.8 Å². The van der Waals surface area contributed by atoms with Crippen LogP contribution in [0.4, 0.5) is 10.5 Å². The monoisotopic (exact) mass is 473 g/mol. The lowest BCUT2D eigenvalue weighted by atomic mass is 10.2. The van der Waals surface area contributed by atoms with E-state index in [9.17, 15) is 24.0 Å². The second-order valence-corrected chi connectivity index (χ2v) is 8.20. The number of alkyl carbamates (subject to hydrolysis) is 1. The molecule has 2 rings (SSSR count). The standard InChI is InChI=1S/C22H27N5O7/c1-22(2,3)34-21(33)23-9-10-26(14-19(30)31)18(29)13-27-17(28)11-16(12-24-27)25-20(32)15-7-5-4-6-8-15/h4-8,11-12H,9-10,13-14H2,1-3H3,(H,23,33)(H,25,32)(H,30,31). The highest BCUT2D eigenvalue weighted by Gasteiger charge is 2.20. The molecular weight excluding hydrogens is 446 g/mol. The predicted octanol–water partition coefficient (Wildman–Crippen LogP) is 0.934. The third-order valence-corrected chi connectivity index (χ3v) is 4.18. The van der Waals surface area contributed by atoms with Gasteiger partial charge in [-0.1, -0.05) is 18.2 Å². The van der Waals surface area contributed by atoms with E-state index in [0.29, 0.717) is 5.56 Å². The van der Waals surface area contributed by atoms with Crippen molar-refractivity contribution in [2.45, 2.75) is 32.9 Å². The van der Waals surface area contributed by atoms with Crippen molar-refractivity contribution in [1.29, 1.82) is 0 Å². The molecule has 0 bridgehead atoms. The Morgan fingerprint density at radius 3 is 2.41 bits per heavy atom. The molecular formula is C22H27N5O7. The van der Waals surface area contributed by atoms with Crippen LogP contribution in [0.1, 0.15) is 31.1 Å². The number of aromatic nitrogens is 2. The van der Waals surface area contributed by atoms with E-state index in [1.165, 1.54) is 6.20 Å². The van der Waals surface area contributed by atoms with Crippen LogP contribution in [0.3, 0.4) is 0 Å². The van der Waals surface area contributed by atoms with Crippen LogP contribution in [0.15, 0.2) is 47.4 Å². The molecule has 1 aromatic carbocycles. The van der Waals surface area contributed by atoms with E-state index in [2.05, 4.69) is 15.7 Å². The number of carboxylic acids is 1. The lowest BCUT2D eigenvalue weighted by molar-refractivity contribution is -0.144. The van der Waals surface area contributed by atoms with Gasteiger partial charge in [0.05, 0.1) is 11.9 Å². The molecule has 12 nitrogen and oxygen atoms in total. The predicted molar refractivity (Wildman–Crippen MR) is 121 cm³/mol. The summed E-state index contributed by atoms with van der Waals surface area (Å²) in [5.74, 6) is -2.38. The number of rotatable bonds is 9. The fraction of sp³-hybridized carbons (Fsp3) is 0.364. The minimum absolute atomic E-state index is 0.0548. The summed E-state index contributed by atoms with van der Waals surface area (Å²) in [7, 11) is 0. The van der Waals surface area contributed by atoms with Crippen molar-refractivity contribution < 1.29 is 29.0 Å². The number of carbonyl (C=O) groups is 4. The Bertz CT molecular complexity index is 1090. The van der Waals surface area contributed by atoms with Gasteiger partial charge in [-0.3, -0.25) is 19.2 Å². The summed E-state index contributed by atoms with van der Waals surface area (Å²) in [6.45, 7) is 3.74. The van der Waals surface area contributed by atoms with Crippen LogP contribution in [0.5, 0.6) is 0 Å². The van der Waals surface area contributed by atoms with Gasteiger partial charge in [-0.05, 0) is 32.9 Å². The fourth-order valence-corrected chi connectivity index (χ4v) is 2.70. The third-order valence-electron chi connectivity index (χ3n) is 4.18. The number of hydrogen-bond donors (Lipinski definition) is 3. The number of nitrogens with zero attached hydrogens (tertiary/aromatic N) is 3. The summed E-state index contributed by atoms with van der Waals surface area (Å²) in [5, 5.41) is 18.0. The van der Waals surface area contributed by atoms with Gasteiger partial charge >= 0.3 is 12.1 Å². The van der Waals surface area contributed by atoms with Gasteiger partial charge in [-0.25, -0.2) is 9.48 Å². The quantitative estimate of drug-likeness (QED) is 0.485. The van der Waals surface area contributed by atoms with Gasteiger partial charge in [-0.15, -0.1) is 0 Å². The minimum atomic E-state index is -1.26. The SMILES string of the molecule is CC(C)(C)OC(=O)NCCN(CC(=O)O)C(=O)Cn1ncc(NC(=O)c2ccccc2)cc1=O. The summed E-state index contributed by atoms with van der Waals surface area (Å²) in [4.78, 5) is 61.0. The molecule has 0 aliphatic carbocycles. The molecule has 0 spiro atoms. The number of carboxylic acid groups (broad SMARTS) is 1. The van der Waals surface area contributed by atoms with Crippen LogP contribution < -0.4 is 16.2 Å². The molecule has 34 heavy (non-hydrogen) atoms. The highest BCUT2D eigenvalue weighted by molar-refractivity contribution is 6.04. The number of aliphatic carboxylic acids is 1. The first-order valence-corrected chi connectivity index (χ1v) is 10.3. The van der Waals surface area contributed by atoms with E-state index in [4.69, 9.17) is 9.84 Å². The summed E-state index contributed by atoms with van der Waals surface area (Å²) >= 11 is 0. The third kappa shape index (κ3) is 8.73. The number of benzene rings is 1. The highest BCUT2D eigenvalue weighted by atomic mass is 16.6. The molecule has 0 aliphatic heterocycles. The number of nitrogens with one attached hydrogen (secondary N) is 2. The van der Waals surface area contributed by atoms with Gasteiger partial charge in [0, 0.05) is 24.7 Å². The first-order valence-electron chi connectivity index (χ1n) is 10.3. The van der Waals surface area contributed by atoms with Crippen LogP contribution in [0.2, 0.25) is 0 Å². The van der Waals surface area contributed by atoms with Crippen LogP contribution >= 0.6 is 0 Å². The molecule has 1 heterocycles. The molecule has 0 saturated heterocycles. The molecule has 12 heteroatoms. The van der Waals surface area contributed by atoms with Crippen molar-refractivity contribution in [3.05, 3.63) is 58.5 Å². The number of amides is 3. The molecule has 3 N–H and O–H groups in total. The largest absolute Gasteiger partial charge is 0.480 e. The Balaban J connectivity index is 1.99. The Kier molecular flexibility index (Phi) is 8.87. The van der Waals surface area contributed by atoms with Crippen LogP contribution in [0.25, 0.3) is 0 Å². The van der Waals surface area contributed by atoms with Crippen molar-refractivity contribution in [3.63, 3.8) is 0 Å². The number of hydrogen-bond acceptors (Lipinski definition) is 7. The Morgan fingerprint density at radius 1 is 1.15 bits per heavy atom.